The second-order valence-electron chi connectivity index (χ2n) is 2.18. The van der Waals surface area contributed by atoms with Crippen LogP contribution in [0.4, 0.5) is 0 Å². The van der Waals surface area contributed by atoms with Crippen molar-refractivity contribution >= 4 is 0 Å². The number of hydrogen-bond acceptors (Lipinski definition) is 3. The molecule has 0 aromatic rings. The van der Waals surface area contributed by atoms with Crippen molar-refractivity contribution < 1.29 is 15.7 Å². The zero-order valence-electron chi connectivity index (χ0n) is 6.74. The Labute approximate surface area is 75.9 Å². The zero-order valence-corrected chi connectivity index (χ0v) is 7.78. The van der Waals surface area contributed by atoms with E-state index in [0.29, 0.717) is 0 Å². The van der Waals surface area contributed by atoms with E-state index >= 15 is 0 Å². The molecular formula is C7H12CoN3. The molecule has 0 aromatic heterocycles. The summed E-state index contributed by atoms with van der Waals surface area (Å²) in [5.74, 6) is 0. The van der Waals surface area contributed by atoms with Gasteiger partial charge in [-0.05, 0) is 6.92 Å². The van der Waals surface area contributed by atoms with Crippen molar-refractivity contribution in [3.05, 3.63) is 12.4 Å². The third-order valence-electron chi connectivity index (χ3n) is 1.34. The van der Waals surface area contributed by atoms with Gasteiger partial charge in [0.2, 0.25) is 0 Å². The second-order valence-corrected chi connectivity index (χ2v) is 2.41. The van der Waals surface area contributed by atoms with Crippen LogP contribution in [0.25, 0.3) is 0 Å². The molecule has 1 rings (SSSR count). The van der Waals surface area contributed by atoms with Crippen LogP contribution < -0.4 is 0 Å². The van der Waals surface area contributed by atoms with Gasteiger partial charge in [-0.3, -0.25) is 0 Å². The molecule has 0 saturated carbocycles. The van der Waals surface area contributed by atoms with Gasteiger partial charge in [0.25, 0.3) is 0 Å². The molecule has 1 aliphatic rings. The van der Waals surface area contributed by atoms with E-state index in [1.807, 2.05) is 0 Å². The fraction of sp³-hybridized carbons (Fsp3) is 0.571. The summed E-state index contributed by atoms with van der Waals surface area (Å²) in [5.41, 5.74) is 0. The molecule has 0 bridgehead atoms. The fourth-order valence-electron chi connectivity index (χ4n) is 0.794. The molecule has 4 heteroatoms. The second kappa shape index (κ2) is 6.07. The van der Waals surface area contributed by atoms with E-state index < -0.39 is 0 Å². The van der Waals surface area contributed by atoms with Crippen LogP contribution in [-0.4, -0.2) is 30.1 Å². The Kier molecular flexibility index (Phi) is 5.71. The number of hydrogen-bond donors (Lipinski definition) is 0. The molecular weight excluding hydrogens is 185 g/mol. The van der Waals surface area contributed by atoms with Gasteiger partial charge in [0.05, 0.1) is 6.67 Å². The van der Waals surface area contributed by atoms with E-state index in [9.17, 15) is 0 Å². The van der Waals surface area contributed by atoms with Gasteiger partial charge in [0.15, 0.2) is 0 Å². The first-order chi connectivity index (χ1) is 5.24. The van der Waals surface area contributed by atoms with Crippen LogP contribution in [0.1, 0.15) is 6.92 Å². The Morgan fingerprint density at radius 3 is 2.36 bits per heavy atom. The molecule has 0 aromatic carbocycles. The molecule has 0 radical (unpaired) electrons. The first-order valence-corrected chi connectivity index (χ1v) is 3.86. The molecule has 11 heavy (non-hydrogen) atoms. The Morgan fingerprint density at radius 2 is 2.18 bits per heavy atom. The molecule has 1 heterocycles. The summed E-state index contributed by atoms with van der Waals surface area (Å²) < 4.78 is 0. The van der Waals surface area contributed by atoms with Crippen molar-refractivity contribution in [2.24, 2.45) is 0 Å². The molecule has 0 fully saturated rings. The molecule has 0 spiro atoms. The maximum atomic E-state index is 7.18. The molecule has 0 N–H and O–H groups in total. The predicted octanol–water partition coefficient (Wildman–Crippen LogP) is 0.697. The van der Waals surface area contributed by atoms with Crippen LogP contribution >= 0.6 is 0 Å². The van der Waals surface area contributed by atoms with Crippen molar-refractivity contribution in [1.29, 1.82) is 5.26 Å². The van der Waals surface area contributed by atoms with Gasteiger partial charge in [-0.1, -0.05) is 0 Å². The van der Waals surface area contributed by atoms with Crippen LogP contribution in [0.3, 0.4) is 0 Å². The third-order valence-corrected chi connectivity index (χ3v) is 1.34. The molecule has 0 saturated heterocycles. The van der Waals surface area contributed by atoms with Gasteiger partial charge in [-0.25, -0.2) is 0 Å². The summed E-state index contributed by atoms with van der Waals surface area (Å²) in [6.45, 7) is 4.32. The minimum atomic E-state index is 1.05. The molecule has 1 aliphatic heterocycles. The Hall–Kier alpha value is -0.664. The summed E-state index contributed by atoms with van der Waals surface area (Å²) in [6.07, 6.45) is 4.20. The van der Waals surface area contributed by atoms with Crippen LogP contribution in [0, 0.1) is 10.3 Å². The van der Waals surface area contributed by atoms with Gasteiger partial charge in [-0.2, -0.15) is 0 Å². The first kappa shape index (κ1) is 10.3. The first-order valence-electron chi connectivity index (χ1n) is 3.34. The summed E-state index contributed by atoms with van der Waals surface area (Å²) in [6, 6.07) is 0. The Morgan fingerprint density at radius 1 is 1.64 bits per heavy atom. The molecule has 3 nitrogen and oxygen atoms in total. The molecule has 0 aliphatic carbocycles. The standard InChI is InChI=1S/C6H12N2.CN.Co/c1-3-8-5-4-7(2)6-8;1-2;/h4-5H,3,6H2,1-2H3;;. The Balaban J connectivity index is 0.000000292. The molecule has 0 amide bonds. The third kappa shape index (κ3) is 4.70. The van der Waals surface area contributed by atoms with Crippen molar-refractivity contribution in [2.75, 3.05) is 20.3 Å². The minimum absolute atomic E-state index is 1.05. The van der Waals surface area contributed by atoms with Crippen LogP contribution in [-0.2, 0) is 15.7 Å². The summed E-state index contributed by atoms with van der Waals surface area (Å²) in [5, 5.41) is 8.62. The Bertz CT molecular complexity index is 162. The van der Waals surface area contributed by atoms with Gasteiger partial charge in [0.1, 0.15) is 0 Å². The number of nitrogens with zero attached hydrogens (tertiary/aromatic N) is 3. The maximum absolute atomic E-state index is 7.18. The topological polar surface area (TPSA) is 30.3 Å². The fourth-order valence-corrected chi connectivity index (χ4v) is 0.794. The average Bonchev–Trinajstić information content (AvgIpc) is 2.37. The zero-order chi connectivity index (χ0) is 8.69. The van der Waals surface area contributed by atoms with Crippen molar-refractivity contribution in [2.45, 2.75) is 6.92 Å². The van der Waals surface area contributed by atoms with Crippen molar-refractivity contribution in [3.63, 3.8) is 0 Å². The van der Waals surface area contributed by atoms with Gasteiger partial charge >= 0.3 is 26.0 Å². The summed E-state index contributed by atoms with van der Waals surface area (Å²) in [4.78, 5) is 4.41. The average molecular weight is 197 g/mol. The van der Waals surface area contributed by atoms with Crippen molar-refractivity contribution in [1.82, 2.24) is 9.80 Å². The van der Waals surface area contributed by atoms with Crippen molar-refractivity contribution in [3.8, 4) is 5.00 Å². The van der Waals surface area contributed by atoms with Crippen LogP contribution in [0.2, 0.25) is 0 Å². The van der Waals surface area contributed by atoms with Crippen LogP contribution in [0.5, 0.6) is 0 Å². The van der Waals surface area contributed by atoms with E-state index in [-0.39, 0.29) is 0 Å². The van der Waals surface area contributed by atoms with Gasteiger partial charge in [0, 0.05) is 26.0 Å². The van der Waals surface area contributed by atoms with Crippen LogP contribution in [0.15, 0.2) is 12.4 Å². The molecule has 0 unspecified atom stereocenters. The molecule has 0 atom stereocenters. The SMILES string of the molecule is CCN1C=CN(C)C1.N#[C][Co]. The van der Waals surface area contributed by atoms with E-state index in [0.717, 1.165) is 13.2 Å². The number of nitriles is 1. The molecule has 64 valence electrons. The van der Waals surface area contributed by atoms with Gasteiger partial charge in [-0.15, -0.1) is 0 Å². The van der Waals surface area contributed by atoms with E-state index in [1.54, 1.807) is 0 Å². The number of rotatable bonds is 1. The van der Waals surface area contributed by atoms with E-state index in [1.165, 1.54) is 5.00 Å². The summed E-state index contributed by atoms with van der Waals surface area (Å²) in [7, 11) is 2.08. The predicted molar refractivity (Wildman–Crippen MR) is 39.8 cm³/mol. The van der Waals surface area contributed by atoms with E-state index in [4.69, 9.17) is 5.26 Å². The monoisotopic (exact) mass is 197 g/mol. The summed E-state index contributed by atoms with van der Waals surface area (Å²) >= 11 is 3.13. The quantitative estimate of drug-likeness (QED) is 0.619. The normalized spacial score (nSPS) is 14.1. The van der Waals surface area contributed by atoms with E-state index in [2.05, 4.69) is 51.9 Å². The van der Waals surface area contributed by atoms with Gasteiger partial charge < -0.3 is 9.80 Å².